The summed E-state index contributed by atoms with van der Waals surface area (Å²) in [6, 6.07) is 10.1. The normalized spacial score (nSPS) is 19.2. The molecule has 1 aliphatic rings. The Kier molecular flexibility index (Phi) is 4.73. The Morgan fingerprint density at radius 1 is 1.33 bits per heavy atom. The third kappa shape index (κ3) is 3.31. The van der Waals surface area contributed by atoms with E-state index in [1.54, 1.807) is 0 Å². The first kappa shape index (κ1) is 13.1. The Hall–Kier alpha value is -1.39. The summed E-state index contributed by atoms with van der Waals surface area (Å²) in [6.07, 6.45) is 1.69. The standard InChI is InChI=1S/C14H20N2O2/c15-8-4-9-16(13-7-10-18-14(13)17)11-12-5-2-1-3-6-12/h1-3,5-6,13H,4,7-11,15H2. The lowest BCUT2D eigenvalue weighted by molar-refractivity contribution is -0.142. The second-order valence-electron chi connectivity index (χ2n) is 4.57. The lowest BCUT2D eigenvalue weighted by Crippen LogP contribution is -2.39. The van der Waals surface area contributed by atoms with Crippen LogP contribution >= 0.6 is 0 Å². The fourth-order valence-corrected chi connectivity index (χ4v) is 2.27. The molecule has 4 heteroatoms. The Labute approximate surface area is 108 Å². The molecule has 1 aromatic rings. The zero-order valence-corrected chi connectivity index (χ0v) is 10.5. The molecule has 1 fully saturated rings. The topological polar surface area (TPSA) is 55.6 Å². The van der Waals surface area contributed by atoms with Crippen LogP contribution in [0.25, 0.3) is 0 Å². The van der Waals surface area contributed by atoms with Gasteiger partial charge in [0, 0.05) is 19.5 Å². The minimum Gasteiger partial charge on any atom is -0.464 e. The minimum atomic E-state index is -0.100. The van der Waals surface area contributed by atoms with Gasteiger partial charge < -0.3 is 10.5 Å². The highest BCUT2D eigenvalue weighted by molar-refractivity contribution is 5.77. The van der Waals surface area contributed by atoms with Gasteiger partial charge in [0.15, 0.2) is 0 Å². The number of esters is 1. The van der Waals surface area contributed by atoms with Gasteiger partial charge in [-0.2, -0.15) is 0 Å². The number of nitrogens with zero attached hydrogens (tertiary/aromatic N) is 1. The smallest absolute Gasteiger partial charge is 0.323 e. The van der Waals surface area contributed by atoms with Gasteiger partial charge in [0.2, 0.25) is 0 Å². The summed E-state index contributed by atoms with van der Waals surface area (Å²) in [7, 11) is 0. The predicted molar refractivity (Wildman–Crippen MR) is 69.9 cm³/mol. The van der Waals surface area contributed by atoms with Crippen LogP contribution in [0.4, 0.5) is 0 Å². The fourth-order valence-electron chi connectivity index (χ4n) is 2.27. The molecule has 0 spiro atoms. The molecular weight excluding hydrogens is 228 g/mol. The van der Waals surface area contributed by atoms with Crippen LogP contribution in [0.3, 0.4) is 0 Å². The summed E-state index contributed by atoms with van der Waals surface area (Å²) < 4.78 is 5.05. The number of hydrogen-bond donors (Lipinski definition) is 1. The van der Waals surface area contributed by atoms with E-state index in [4.69, 9.17) is 10.5 Å². The average molecular weight is 248 g/mol. The molecule has 0 bridgehead atoms. The predicted octanol–water partition coefficient (Wildman–Crippen LogP) is 1.15. The molecule has 2 rings (SSSR count). The van der Waals surface area contributed by atoms with E-state index in [0.717, 1.165) is 25.9 Å². The summed E-state index contributed by atoms with van der Waals surface area (Å²) in [6.45, 7) is 2.80. The molecule has 1 saturated heterocycles. The maximum absolute atomic E-state index is 11.7. The van der Waals surface area contributed by atoms with E-state index >= 15 is 0 Å². The van der Waals surface area contributed by atoms with E-state index in [2.05, 4.69) is 17.0 Å². The zero-order chi connectivity index (χ0) is 12.8. The number of rotatable bonds is 6. The number of benzene rings is 1. The molecule has 2 N–H and O–H groups in total. The van der Waals surface area contributed by atoms with E-state index in [1.807, 2.05) is 18.2 Å². The van der Waals surface area contributed by atoms with Crippen LogP contribution in [-0.2, 0) is 16.1 Å². The van der Waals surface area contributed by atoms with Crippen molar-refractivity contribution in [2.24, 2.45) is 5.73 Å². The van der Waals surface area contributed by atoms with Crippen molar-refractivity contribution in [2.75, 3.05) is 19.7 Å². The molecule has 0 amide bonds. The van der Waals surface area contributed by atoms with Crippen LogP contribution in [0.5, 0.6) is 0 Å². The second kappa shape index (κ2) is 6.52. The van der Waals surface area contributed by atoms with Gasteiger partial charge in [-0.15, -0.1) is 0 Å². The largest absolute Gasteiger partial charge is 0.464 e. The highest BCUT2D eigenvalue weighted by atomic mass is 16.5. The Morgan fingerprint density at radius 3 is 2.72 bits per heavy atom. The van der Waals surface area contributed by atoms with E-state index in [-0.39, 0.29) is 12.0 Å². The van der Waals surface area contributed by atoms with Gasteiger partial charge in [-0.05, 0) is 18.5 Å². The Bertz CT molecular complexity index is 381. The summed E-state index contributed by atoms with van der Waals surface area (Å²) in [5.74, 6) is -0.0945. The van der Waals surface area contributed by atoms with Crippen molar-refractivity contribution in [3.8, 4) is 0 Å². The third-order valence-electron chi connectivity index (χ3n) is 3.23. The number of cyclic esters (lactones) is 1. The number of carbonyl (C=O) groups excluding carboxylic acids is 1. The molecule has 1 atom stereocenters. The van der Waals surface area contributed by atoms with Crippen molar-refractivity contribution in [3.05, 3.63) is 35.9 Å². The highest BCUT2D eigenvalue weighted by Gasteiger charge is 2.31. The third-order valence-corrected chi connectivity index (χ3v) is 3.23. The molecule has 1 aromatic carbocycles. The van der Waals surface area contributed by atoms with Gasteiger partial charge in [-0.25, -0.2) is 0 Å². The van der Waals surface area contributed by atoms with Crippen molar-refractivity contribution in [3.63, 3.8) is 0 Å². The fraction of sp³-hybridized carbons (Fsp3) is 0.500. The summed E-state index contributed by atoms with van der Waals surface area (Å²) >= 11 is 0. The molecule has 1 heterocycles. The molecule has 18 heavy (non-hydrogen) atoms. The van der Waals surface area contributed by atoms with Gasteiger partial charge in [0.05, 0.1) is 6.61 Å². The molecule has 0 radical (unpaired) electrons. The van der Waals surface area contributed by atoms with E-state index in [1.165, 1.54) is 5.56 Å². The van der Waals surface area contributed by atoms with Gasteiger partial charge >= 0.3 is 5.97 Å². The van der Waals surface area contributed by atoms with E-state index in [0.29, 0.717) is 13.2 Å². The first-order valence-electron chi connectivity index (χ1n) is 6.46. The van der Waals surface area contributed by atoms with Crippen molar-refractivity contribution in [1.29, 1.82) is 0 Å². The van der Waals surface area contributed by atoms with Crippen molar-refractivity contribution >= 4 is 5.97 Å². The van der Waals surface area contributed by atoms with Crippen molar-refractivity contribution in [2.45, 2.75) is 25.4 Å². The lowest BCUT2D eigenvalue weighted by Gasteiger charge is -2.26. The summed E-state index contributed by atoms with van der Waals surface area (Å²) in [5, 5.41) is 0. The van der Waals surface area contributed by atoms with Crippen LogP contribution in [0.15, 0.2) is 30.3 Å². The Morgan fingerprint density at radius 2 is 2.11 bits per heavy atom. The molecule has 1 unspecified atom stereocenters. The Balaban J connectivity index is 2.02. The monoisotopic (exact) mass is 248 g/mol. The molecule has 0 aromatic heterocycles. The number of nitrogens with two attached hydrogens (primary N) is 1. The van der Waals surface area contributed by atoms with Crippen LogP contribution in [0, 0.1) is 0 Å². The summed E-state index contributed by atoms with van der Waals surface area (Å²) in [5.41, 5.74) is 6.78. The van der Waals surface area contributed by atoms with Gasteiger partial charge in [0.1, 0.15) is 6.04 Å². The van der Waals surface area contributed by atoms with Crippen LogP contribution < -0.4 is 5.73 Å². The van der Waals surface area contributed by atoms with Gasteiger partial charge in [-0.1, -0.05) is 30.3 Å². The van der Waals surface area contributed by atoms with Gasteiger partial charge in [-0.3, -0.25) is 9.69 Å². The number of hydrogen-bond acceptors (Lipinski definition) is 4. The molecule has 0 saturated carbocycles. The quantitative estimate of drug-likeness (QED) is 0.767. The van der Waals surface area contributed by atoms with Crippen LogP contribution in [-0.4, -0.2) is 36.6 Å². The first-order valence-corrected chi connectivity index (χ1v) is 6.46. The lowest BCUT2D eigenvalue weighted by atomic mass is 10.1. The van der Waals surface area contributed by atoms with Crippen LogP contribution in [0.1, 0.15) is 18.4 Å². The summed E-state index contributed by atoms with van der Waals surface area (Å²) in [4.78, 5) is 13.9. The maximum Gasteiger partial charge on any atom is 0.323 e. The van der Waals surface area contributed by atoms with Crippen LogP contribution in [0.2, 0.25) is 0 Å². The first-order chi connectivity index (χ1) is 8.81. The average Bonchev–Trinajstić information content (AvgIpc) is 2.82. The van der Waals surface area contributed by atoms with Crippen molar-refractivity contribution < 1.29 is 9.53 Å². The maximum atomic E-state index is 11.7. The van der Waals surface area contributed by atoms with Crippen molar-refractivity contribution in [1.82, 2.24) is 4.90 Å². The minimum absolute atomic E-state index is 0.0945. The zero-order valence-electron chi connectivity index (χ0n) is 10.5. The van der Waals surface area contributed by atoms with Gasteiger partial charge in [0.25, 0.3) is 0 Å². The van der Waals surface area contributed by atoms with E-state index in [9.17, 15) is 4.79 Å². The molecule has 4 nitrogen and oxygen atoms in total. The number of ether oxygens (including phenoxy) is 1. The second-order valence-corrected chi connectivity index (χ2v) is 4.57. The molecular formula is C14H20N2O2. The molecule has 0 aliphatic carbocycles. The molecule has 98 valence electrons. The van der Waals surface area contributed by atoms with E-state index < -0.39 is 0 Å². The highest BCUT2D eigenvalue weighted by Crippen LogP contribution is 2.17. The SMILES string of the molecule is NCCCN(Cc1ccccc1)C1CCOC1=O. The molecule has 1 aliphatic heterocycles. The number of carbonyl (C=O) groups is 1.